The summed E-state index contributed by atoms with van der Waals surface area (Å²) in [6.07, 6.45) is 1.04. The standard InChI is InChI=1S/C9H15N3O2/c1-7-8(12-14-11-7)5-10-9(2)3-4-13-6-9/h10H,3-6H2,1-2H3. The number of aromatic nitrogens is 2. The van der Waals surface area contributed by atoms with Crippen molar-refractivity contribution >= 4 is 0 Å². The molecular weight excluding hydrogens is 182 g/mol. The number of hydrogen-bond acceptors (Lipinski definition) is 5. The molecule has 1 fully saturated rings. The first-order chi connectivity index (χ1) is 6.70. The van der Waals surface area contributed by atoms with Crippen molar-refractivity contribution in [3.8, 4) is 0 Å². The van der Waals surface area contributed by atoms with Crippen LogP contribution in [0.1, 0.15) is 24.7 Å². The normalized spacial score (nSPS) is 27.0. The molecule has 0 spiro atoms. The number of rotatable bonds is 3. The highest BCUT2D eigenvalue weighted by Gasteiger charge is 2.29. The summed E-state index contributed by atoms with van der Waals surface area (Å²) in [5.74, 6) is 0. The summed E-state index contributed by atoms with van der Waals surface area (Å²) in [4.78, 5) is 0. The second-order valence-electron chi connectivity index (χ2n) is 4.01. The lowest BCUT2D eigenvalue weighted by Crippen LogP contribution is -2.42. The molecule has 1 atom stereocenters. The fourth-order valence-electron chi connectivity index (χ4n) is 1.51. The van der Waals surface area contributed by atoms with Crippen molar-refractivity contribution in [1.29, 1.82) is 0 Å². The van der Waals surface area contributed by atoms with E-state index in [0.29, 0.717) is 6.54 Å². The Morgan fingerprint density at radius 3 is 2.93 bits per heavy atom. The van der Waals surface area contributed by atoms with E-state index in [1.807, 2.05) is 6.92 Å². The molecule has 5 nitrogen and oxygen atoms in total. The van der Waals surface area contributed by atoms with Gasteiger partial charge in [-0.3, -0.25) is 0 Å². The van der Waals surface area contributed by atoms with Gasteiger partial charge in [0.25, 0.3) is 0 Å². The molecule has 2 rings (SSSR count). The zero-order valence-corrected chi connectivity index (χ0v) is 8.54. The Labute approximate surface area is 82.8 Å². The molecule has 14 heavy (non-hydrogen) atoms. The molecule has 2 heterocycles. The molecule has 1 aromatic rings. The summed E-state index contributed by atoms with van der Waals surface area (Å²) < 4.78 is 9.96. The summed E-state index contributed by atoms with van der Waals surface area (Å²) in [7, 11) is 0. The highest BCUT2D eigenvalue weighted by molar-refractivity contribution is 5.05. The Bertz CT molecular complexity index is 305. The van der Waals surface area contributed by atoms with E-state index in [1.54, 1.807) is 0 Å². The van der Waals surface area contributed by atoms with Crippen LogP contribution in [-0.2, 0) is 11.3 Å². The molecule has 1 aliphatic rings. The molecule has 78 valence electrons. The third kappa shape index (κ3) is 1.93. The zero-order valence-electron chi connectivity index (χ0n) is 8.54. The van der Waals surface area contributed by atoms with Gasteiger partial charge in [-0.05, 0) is 20.3 Å². The van der Waals surface area contributed by atoms with Crippen molar-refractivity contribution in [3.05, 3.63) is 11.4 Å². The average molecular weight is 197 g/mol. The largest absolute Gasteiger partial charge is 0.379 e. The third-order valence-corrected chi connectivity index (χ3v) is 2.65. The van der Waals surface area contributed by atoms with Crippen molar-refractivity contribution in [2.45, 2.75) is 32.4 Å². The minimum absolute atomic E-state index is 0.0748. The molecule has 1 aromatic heterocycles. The molecular formula is C9H15N3O2. The van der Waals surface area contributed by atoms with Gasteiger partial charge in [0.15, 0.2) is 0 Å². The Morgan fingerprint density at radius 2 is 2.36 bits per heavy atom. The SMILES string of the molecule is Cc1nonc1CNC1(C)CCOC1. The predicted octanol–water partition coefficient (Wildman–Crippen LogP) is 0.647. The van der Waals surface area contributed by atoms with E-state index < -0.39 is 0 Å². The van der Waals surface area contributed by atoms with Crippen LogP contribution in [0.25, 0.3) is 0 Å². The van der Waals surface area contributed by atoms with Gasteiger partial charge in [0, 0.05) is 18.7 Å². The first-order valence-electron chi connectivity index (χ1n) is 4.80. The van der Waals surface area contributed by atoms with Crippen molar-refractivity contribution < 1.29 is 9.37 Å². The summed E-state index contributed by atoms with van der Waals surface area (Å²) in [6, 6.07) is 0. The van der Waals surface area contributed by atoms with E-state index in [2.05, 4.69) is 27.2 Å². The summed E-state index contributed by atoms with van der Waals surface area (Å²) in [5.41, 5.74) is 1.80. The highest BCUT2D eigenvalue weighted by atomic mass is 16.6. The molecule has 1 unspecified atom stereocenters. The molecule has 1 saturated heterocycles. The molecule has 0 amide bonds. The van der Waals surface area contributed by atoms with E-state index in [0.717, 1.165) is 31.0 Å². The van der Waals surface area contributed by atoms with E-state index in [-0.39, 0.29) is 5.54 Å². The van der Waals surface area contributed by atoms with Gasteiger partial charge in [0.05, 0.1) is 6.61 Å². The van der Waals surface area contributed by atoms with Gasteiger partial charge in [0.1, 0.15) is 11.4 Å². The second kappa shape index (κ2) is 3.67. The van der Waals surface area contributed by atoms with E-state index in [4.69, 9.17) is 4.74 Å². The van der Waals surface area contributed by atoms with E-state index >= 15 is 0 Å². The first-order valence-corrected chi connectivity index (χ1v) is 4.80. The van der Waals surface area contributed by atoms with E-state index in [1.165, 1.54) is 0 Å². The maximum atomic E-state index is 5.34. The van der Waals surface area contributed by atoms with Gasteiger partial charge in [-0.2, -0.15) is 0 Å². The van der Waals surface area contributed by atoms with Crippen LogP contribution < -0.4 is 5.32 Å². The van der Waals surface area contributed by atoms with Crippen LogP contribution in [0.5, 0.6) is 0 Å². The smallest absolute Gasteiger partial charge is 0.121 e. The molecule has 1 aliphatic heterocycles. The van der Waals surface area contributed by atoms with Crippen LogP contribution >= 0.6 is 0 Å². The molecule has 0 saturated carbocycles. The Balaban J connectivity index is 1.91. The number of hydrogen-bond donors (Lipinski definition) is 1. The molecule has 0 aromatic carbocycles. The number of ether oxygens (including phenoxy) is 1. The van der Waals surface area contributed by atoms with Gasteiger partial charge in [-0.25, -0.2) is 4.63 Å². The minimum atomic E-state index is 0.0748. The molecule has 1 N–H and O–H groups in total. The maximum Gasteiger partial charge on any atom is 0.121 e. The number of nitrogens with one attached hydrogen (secondary N) is 1. The van der Waals surface area contributed by atoms with E-state index in [9.17, 15) is 0 Å². The predicted molar refractivity (Wildman–Crippen MR) is 49.7 cm³/mol. The molecule has 0 aliphatic carbocycles. The van der Waals surface area contributed by atoms with Gasteiger partial charge in [-0.1, -0.05) is 10.3 Å². The molecule has 5 heteroatoms. The molecule has 0 bridgehead atoms. The molecule has 0 radical (unpaired) electrons. The van der Waals surface area contributed by atoms with Crippen molar-refractivity contribution in [2.24, 2.45) is 0 Å². The Morgan fingerprint density at radius 1 is 1.50 bits per heavy atom. The van der Waals surface area contributed by atoms with Crippen LogP contribution in [0.4, 0.5) is 0 Å². The van der Waals surface area contributed by atoms with Crippen molar-refractivity contribution in [1.82, 2.24) is 15.6 Å². The quantitative estimate of drug-likeness (QED) is 0.770. The zero-order chi connectivity index (χ0) is 10.0. The topological polar surface area (TPSA) is 60.2 Å². The Kier molecular flexibility index (Phi) is 2.52. The summed E-state index contributed by atoms with van der Waals surface area (Å²) >= 11 is 0. The van der Waals surface area contributed by atoms with Gasteiger partial charge in [-0.15, -0.1) is 0 Å². The minimum Gasteiger partial charge on any atom is -0.379 e. The fraction of sp³-hybridized carbons (Fsp3) is 0.778. The average Bonchev–Trinajstić information content (AvgIpc) is 2.73. The Hall–Kier alpha value is -0.940. The van der Waals surface area contributed by atoms with Crippen LogP contribution in [0.15, 0.2) is 4.63 Å². The van der Waals surface area contributed by atoms with Crippen LogP contribution in [-0.4, -0.2) is 29.1 Å². The lowest BCUT2D eigenvalue weighted by Gasteiger charge is -2.22. The summed E-state index contributed by atoms with van der Waals surface area (Å²) in [5, 5.41) is 11.0. The lowest BCUT2D eigenvalue weighted by molar-refractivity contribution is 0.171. The second-order valence-corrected chi connectivity index (χ2v) is 4.01. The van der Waals surface area contributed by atoms with Crippen LogP contribution in [0, 0.1) is 6.92 Å². The van der Waals surface area contributed by atoms with Gasteiger partial charge in [0.2, 0.25) is 0 Å². The maximum absolute atomic E-state index is 5.34. The van der Waals surface area contributed by atoms with Gasteiger partial charge < -0.3 is 10.1 Å². The van der Waals surface area contributed by atoms with Crippen LogP contribution in [0.3, 0.4) is 0 Å². The first kappa shape index (κ1) is 9.61. The highest BCUT2D eigenvalue weighted by Crippen LogP contribution is 2.18. The lowest BCUT2D eigenvalue weighted by atomic mass is 10.0. The van der Waals surface area contributed by atoms with Crippen LogP contribution in [0.2, 0.25) is 0 Å². The van der Waals surface area contributed by atoms with Crippen molar-refractivity contribution in [3.63, 3.8) is 0 Å². The van der Waals surface area contributed by atoms with Crippen molar-refractivity contribution in [2.75, 3.05) is 13.2 Å². The third-order valence-electron chi connectivity index (χ3n) is 2.65. The summed E-state index contributed by atoms with van der Waals surface area (Å²) in [6.45, 7) is 6.33. The fourth-order valence-corrected chi connectivity index (χ4v) is 1.51. The number of nitrogens with zero attached hydrogens (tertiary/aromatic N) is 2. The number of aryl methyl sites for hydroxylation is 1. The monoisotopic (exact) mass is 197 g/mol. The van der Waals surface area contributed by atoms with Gasteiger partial charge >= 0.3 is 0 Å².